The van der Waals surface area contributed by atoms with E-state index in [0.717, 1.165) is 5.56 Å². The van der Waals surface area contributed by atoms with Crippen LogP contribution in [0.25, 0.3) is 23.0 Å². The fourth-order valence-corrected chi connectivity index (χ4v) is 3.09. The van der Waals surface area contributed by atoms with E-state index in [1.165, 1.54) is 22.8 Å². The second-order valence-electron chi connectivity index (χ2n) is 6.48. The van der Waals surface area contributed by atoms with Crippen molar-refractivity contribution < 1.29 is 9.18 Å². The summed E-state index contributed by atoms with van der Waals surface area (Å²) >= 11 is 0. The average molecular weight is 384 g/mol. The molecule has 5 heteroatoms. The molecule has 0 radical (unpaired) electrons. The first-order valence-corrected chi connectivity index (χ1v) is 9.06. The largest absolute Gasteiger partial charge is 0.330 e. The van der Waals surface area contributed by atoms with Crippen molar-refractivity contribution in [2.24, 2.45) is 0 Å². The number of aromatic nitrogens is 2. The normalized spacial score (nSPS) is 11.1. The van der Waals surface area contributed by atoms with E-state index in [4.69, 9.17) is 0 Å². The first kappa shape index (κ1) is 18.4. The van der Waals surface area contributed by atoms with Crippen molar-refractivity contribution in [3.05, 3.63) is 119 Å². The lowest BCUT2D eigenvalue weighted by molar-refractivity contribution is 0.104. The van der Waals surface area contributed by atoms with Crippen molar-refractivity contribution in [3.63, 3.8) is 0 Å². The minimum Gasteiger partial charge on any atom is -0.312 e. The molecular weight excluding hydrogens is 367 g/mol. The Bertz CT molecular complexity index is 1240. The van der Waals surface area contributed by atoms with Gasteiger partial charge in [0, 0.05) is 17.3 Å². The number of carbonyl (C=O) groups excluding carboxylic acids is 1. The van der Waals surface area contributed by atoms with E-state index in [-0.39, 0.29) is 17.3 Å². The van der Waals surface area contributed by atoms with Crippen LogP contribution in [-0.2, 0) is 0 Å². The maximum atomic E-state index is 13.2. The predicted molar refractivity (Wildman–Crippen MR) is 112 cm³/mol. The Kier molecular flexibility index (Phi) is 5.03. The topological polar surface area (TPSA) is 54.9 Å². The number of nitrogens with zero attached hydrogens (tertiary/aromatic N) is 1. The van der Waals surface area contributed by atoms with E-state index in [9.17, 15) is 14.0 Å². The molecule has 1 heterocycles. The van der Waals surface area contributed by atoms with E-state index in [1.807, 2.05) is 30.3 Å². The Morgan fingerprint density at radius 2 is 1.69 bits per heavy atom. The minimum atomic E-state index is -0.351. The summed E-state index contributed by atoms with van der Waals surface area (Å²) in [4.78, 5) is 27.7. The van der Waals surface area contributed by atoms with Crippen molar-refractivity contribution in [3.8, 4) is 16.9 Å². The molecule has 29 heavy (non-hydrogen) atoms. The van der Waals surface area contributed by atoms with Gasteiger partial charge < -0.3 is 4.98 Å². The Labute approximate surface area is 166 Å². The van der Waals surface area contributed by atoms with Gasteiger partial charge in [0.1, 0.15) is 5.82 Å². The molecule has 0 bridgehead atoms. The van der Waals surface area contributed by atoms with Gasteiger partial charge in [-0.1, -0.05) is 48.5 Å². The average Bonchev–Trinajstić information content (AvgIpc) is 3.15. The molecule has 0 aliphatic carbocycles. The van der Waals surface area contributed by atoms with Gasteiger partial charge in [0.2, 0.25) is 0 Å². The summed E-state index contributed by atoms with van der Waals surface area (Å²) in [5, 5.41) is 0. The molecule has 142 valence electrons. The number of ketones is 1. The van der Waals surface area contributed by atoms with Crippen LogP contribution < -0.4 is 5.69 Å². The molecule has 0 saturated heterocycles. The molecule has 0 aliphatic heterocycles. The SMILES string of the molecule is O=C(C=Cc1ccccc1)c1cccc(-n2c(-c3ccc(F)cc3)c[nH]c2=O)c1. The summed E-state index contributed by atoms with van der Waals surface area (Å²) in [5.74, 6) is -0.515. The van der Waals surface area contributed by atoms with Crippen molar-refractivity contribution in [2.45, 2.75) is 0 Å². The summed E-state index contributed by atoms with van der Waals surface area (Å²) in [5.41, 5.74) is 2.87. The Morgan fingerprint density at radius 1 is 0.931 bits per heavy atom. The zero-order valence-corrected chi connectivity index (χ0v) is 15.4. The molecule has 4 nitrogen and oxygen atoms in total. The van der Waals surface area contributed by atoms with Gasteiger partial charge in [-0.05, 0) is 48.0 Å². The third-order valence-electron chi connectivity index (χ3n) is 4.53. The third-order valence-corrected chi connectivity index (χ3v) is 4.53. The molecule has 4 aromatic rings. The van der Waals surface area contributed by atoms with Gasteiger partial charge in [0.05, 0.1) is 11.4 Å². The van der Waals surface area contributed by atoms with Gasteiger partial charge in [0.25, 0.3) is 0 Å². The van der Waals surface area contributed by atoms with Crippen molar-refractivity contribution in [1.29, 1.82) is 0 Å². The van der Waals surface area contributed by atoms with Gasteiger partial charge in [-0.25, -0.2) is 9.18 Å². The number of rotatable bonds is 5. The first-order chi connectivity index (χ1) is 14.1. The smallest absolute Gasteiger partial charge is 0.312 e. The number of aromatic amines is 1. The lowest BCUT2D eigenvalue weighted by Crippen LogP contribution is -2.16. The number of allylic oxidation sites excluding steroid dienone is 1. The van der Waals surface area contributed by atoms with E-state index >= 15 is 0 Å². The second kappa shape index (κ2) is 7.94. The predicted octanol–water partition coefficient (Wildman–Crippen LogP) is 4.87. The molecule has 1 N–H and O–H groups in total. The van der Waals surface area contributed by atoms with Crippen LogP contribution >= 0.6 is 0 Å². The lowest BCUT2D eigenvalue weighted by Gasteiger charge is -2.09. The van der Waals surface area contributed by atoms with Gasteiger partial charge in [-0.15, -0.1) is 0 Å². The molecule has 3 aromatic carbocycles. The molecular formula is C24H17FN2O2. The van der Waals surface area contributed by atoms with Crippen LogP contribution in [0.3, 0.4) is 0 Å². The van der Waals surface area contributed by atoms with Crippen molar-refractivity contribution in [2.75, 3.05) is 0 Å². The highest BCUT2D eigenvalue weighted by atomic mass is 19.1. The zero-order chi connectivity index (χ0) is 20.2. The molecule has 0 unspecified atom stereocenters. The third kappa shape index (κ3) is 3.99. The van der Waals surface area contributed by atoms with Crippen LogP contribution in [0.2, 0.25) is 0 Å². The van der Waals surface area contributed by atoms with Crippen molar-refractivity contribution >= 4 is 11.9 Å². The Morgan fingerprint density at radius 3 is 2.45 bits per heavy atom. The number of H-pyrrole nitrogens is 1. The number of imidazole rings is 1. The van der Waals surface area contributed by atoms with E-state index in [0.29, 0.717) is 22.5 Å². The highest BCUT2D eigenvalue weighted by Gasteiger charge is 2.12. The van der Waals surface area contributed by atoms with Gasteiger partial charge in [-0.2, -0.15) is 0 Å². The van der Waals surface area contributed by atoms with Gasteiger partial charge in [0.15, 0.2) is 5.78 Å². The highest BCUT2D eigenvalue weighted by molar-refractivity contribution is 6.07. The number of carbonyl (C=O) groups is 1. The number of hydrogen-bond donors (Lipinski definition) is 1. The van der Waals surface area contributed by atoms with E-state index in [1.54, 1.807) is 48.7 Å². The molecule has 4 rings (SSSR count). The second-order valence-corrected chi connectivity index (χ2v) is 6.48. The summed E-state index contributed by atoms with van der Waals surface area (Å²) in [6, 6.07) is 22.3. The zero-order valence-electron chi connectivity index (χ0n) is 15.4. The molecule has 0 aliphatic rings. The fourth-order valence-electron chi connectivity index (χ4n) is 3.09. The molecule has 0 saturated carbocycles. The summed E-state index contributed by atoms with van der Waals surface area (Å²) in [6.07, 6.45) is 4.83. The monoisotopic (exact) mass is 384 g/mol. The van der Waals surface area contributed by atoms with Gasteiger partial charge in [-0.3, -0.25) is 9.36 Å². The molecule has 0 atom stereocenters. The molecule has 0 fully saturated rings. The molecule has 1 aromatic heterocycles. The van der Waals surface area contributed by atoms with Crippen LogP contribution in [0.4, 0.5) is 4.39 Å². The molecule has 0 amide bonds. The van der Waals surface area contributed by atoms with E-state index in [2.05, 4.69) is 4.98 Å². The fraction of sp³-hybridized carbons (Fsp3) is 0. The maximum Gasteiger partial charge on any atom is 0.330 e. The number of hydrogen-bond acceptors (Lipinski definition) is 2. The lowest BCUT2D eigenvalue weighted by atomic mass is 10.1. The number of benzene rings is 3. The van der Waals surface area contributed by atoms with E-state index < -0.39 is 0 Å². The maximum absolute atomic E-state index is 13.2. The van der Waals surface area contributed by atoms with Crippen LogP contribution in [0.15, 0.2) is 95.9 Å². The number of nitrogens with one attached hydrogen (secondary N) is 1. The van der Waals surface area contributed by atoms with Gasteiger partial charge >= 0.3 is 5.69 Å². The molecule has 0 spiro atoms. The summed E-state index contributed by atoms with van der Waals surface area (Å²) in [6.45, 7) is 0. The van der Waals surface area contributed by atoms with Crippen LogP contribution in [-0.4, -0.2) is 15.3 Å². The van der Waals surface area contributed by atoms with Crippen LogP contribution in [0.5, 0.6) is 0 Å². The summed E-state index contributed by atoms with van der Waals surface area (Å²) in [7, 11) is 0. The highest BCUT2D eigenvalue weighted by Crippen LogP contribution is 2.22. The first-order valence-electron chi connectivity index (χ1n) is 9.06. The van der Waals surface area contributed by atoms with Crippen LogP contribution in [0.1, 0.15) is 15.9 Å². The standard InChI is InChI=1S/C24H17FN2O2/c25-20-12-10-18(11-13-20)22-16-26-24(29)27(22)21-8-4-7-19(15-21)23(28)14-9-17-5-2-1-3-6-17/h1-16H,(H,26,29). The Balaban J connectivity index is 1.69. The minimum absolute atomic E-state index is 0.164. The Hall–Kier alpha value is -3.99. The van der Waals surface area contributed by atoms with Crippen molar-refractivity contribution in [1.82, 2.24) is 9.55 Å². The quantitative estimate of drug-likeness (QED) is 0.394. The van der Waals surface area contributed by atoms with Crippen LogP contribution in [0, 0.1) is 5.82 Å². The summed E-state index contributed by atoms with van der Waals surface area (Å²) < 4.78 is 14.7. The number of halogens is 1.